The van der Waals surface area contributed by atoms with Gasteiger partial charge in [-0.1, -0.05) is 6.92 Å². The minimum absolute atomic E-state index is 0.0188. The number of aliphatic carboxylic acids is 1. The summed E-state index contributed by atoms with van der Waals surface area (Å²) in [7, 11) is 0. The van der Waals surface area contributed by atoms with Gasteiger partial charge in [-0.05, 0) is 64.7 Å². The minimum atomic E-state index is -0.794. The Morgan fingerprint density at radius 1 is 1.00 bits per heavy atom. The van der Waals surface area contributed by atoms with E-state index in [0.29, 0.717) is 51.4 Å². The number of carbonyl (C=O) groups is 4. The Balaban J connectivity index is 1.61. The number of carboxylic acid groups (broad SMARTS) is 1. The third-order valence-electron chi connectivity index (χ3n) is 6.47. The Bertz CT molecular complexity index is 674. The fourth-order valence-electron chi connectivity index (χ4n) is 4.29. The SMILES string of the molecule is CC(C(=O)O)C1CCN(C(=O)CNC(=O)CCC2CCN(C(=O)OC(C)(C)C)CC2)CC1. The smallest absolute Gasteiger partial charge is 0.410 e. The lowest BCUT2D eigenvalue weighted by Gasteiger charge is -2.34. The first-order chi connectivity index (χ1) is 15.0. The van der Waals surface area contributed by atoms with Gasteiger partial charge < -0.3 is 25.0 Å². The maximum Gasteiger partial charge on any atom is 0.410 e. The highest BCUT2D eigenvalue weighted by Crippen LogP contribution is 2.25. The predicted molar refractivity (Wildman–Crippen MR) is 119 cm³/mol. The van der Waals surface area contributed by atoms with Crippen LogP contribution in [0.1, 0.15) is 66.2 Å². The van der Waals surface area contributed by atoms with Crippen LogP contribution in [-0.4, -0.2) is 77.1 Å². The molecular formula is C23H39N3O6. The fraction of sp³-hybridized carbons (Fsp3) is 0.826. The molecule has 0 aromatic carbocycles. The van der Waals surface area contributed by atoms with E-state index in [1.165, 1.54) is 0 Å². The molecule has 0 aromatic rings. The predicted octanol–water partition coefficient (Wildman–Crippen LogP) is 2.49. The standard InChI is InChI=1S/C23H39N3O6/c1-16(21(29)30)18-9-13-25(14-10-18)20(28)15-24-19(27)6-5-17-7-11-26(12-8-17)22(31)32-23(2,3)4/h16-18H,5-15H2,1-4H3,(H,24,27)(H,29,30). The van der Waals surface area contributed by atoms with Crippen LogP contribution in [0.25, 0.3) is 0 Å². The number of likely N-dealkylation sites (tertiary alicyclic amines) is 2. The van der Waals surface area contributed by atoms with Crippen molar-refractivity contribution in [1.82, 2.24) is 15.1 Å². The van der Waals surface area contributed by atoms with Crippen LogP contribution >= 0.6 is 0 Å². The second-order valence-electron chi connectivity index (χ2n) is 10.1. The van der Waals surface area contributed by atoms with Crippen LogP contribution in [0.2, 0.25) is 0 Å². The summed E-state index contributed by atoms with van der Waals surface area (Å²) < 4.78 is 5.40. The van der Waals surface area contributed by atoms with Crippen molar-refractivity contribution in [1.29, 1.82) is 0 Å². The first kappa shape index (κ1) is 25.9. The number of amides is 3. The quantitative estimate of drug-likeness (QED) is 0.612. The highest BCUT2D eigenvalue weighted by atomic mass is 16.6. The lowest BCUT2D eigenvalue weighted by atomic mass is 9.85. The normalized spacial score (nSPS) is 19.4. The molecule has 2 saturated heterocycles. The second kappa shape index (κ2) is 11.5. The summed E-state index contributed by atoms with van der Waals surface area (Å²) in [5.74, 6) is -0.980. The zero-order chi connectivity index (χ0) is 23.9. The number of piperidine rings is 2. The number of carboxylic acids is 1. The van der Waals surface area contributed by atoms with E-state index in [1.54, 1.807) is 16.7 Å². The third kappa shape index (κ3) is 8.31. The van der Waals surface area contributed by atoms with Gasteiger partial charge in [-0.3, -0.25) is 14.4 Å². The summed E-state index contributed by atoms with van der Waals surface area (Å²) in [5, 5.41) is 11.8. The van der Waals surface area contributed by atoms with Crippen molar-refractivity contribution >= 4 is 23.9 Å². The molecule has 2 aliphatic heterocycles. The van der Waals surface area contributed by atoms with Crippen molar-refractivity contribution in [3.05, 3.63) is 0 Å². The number of nitrogens with one attached hydrogen (secondary N) is 1. The number of hydrogen-bond acceptors (Lipinski definition) is 5. The molecule has 1 unspecified atom stereocenters. The van der Waals surface area contributed by atoms with Gasteiger partial charge in [0, 0.05) is 32.6 Å². The van der Waals surface area contributed by atoms with Crippen LogP contribution in [0.5, 0.6) is 0 Å². The average Bonchev–Trinajstić information content (AvgIpc) is 2.74. The zero-order valence-corrected chi connectivity index (χ0v) is 19.9. The van der Waals surface area contributed by atoms with Crippen molar-refractivity contribution in [2.24, 2.45) is 17.8 Å². The molecule has 2 aliphatic rings. The first-order valence-electron chi connectivity index (χ1n) is 11.7. The van der Waals surface area contributed by atoms with Crippen LogP contribution in [0.3, 0.4) is 0 Å². The van der Waals surface area contributed by atoms with Gasteiger partial charge in [0.05, 0.1) is 12.5 Å². The summed E-state index contributed by atoms with van der Waals surface area (Å²) in [6.07, 6.45) is 3.85. The highest BCUT2D eigenvalue weighted by molar-refractivity contribution is 5.84. The maximum absolute atomic E-state index is 12.4. The van der Waals surface area contributed by atoms with Crippen LogP contribution in [-0.2, 0) is 19.1 Å². The van der Waals surface area contributed by atoms with Gasteiger partial charge in [0.2, 0.25) is 11.8 Å². The molecule has 9 heteroatoms. The summed E-state index contributed by atoms with van der Waals surface area (Å²) >= 11 is 0. The average molecular weight is 454 g/mol. The van der Waals surface area contributed by atoms with Crippen molar-refractivity contribution in [3.8, 4) is 0 Å². The fourth-order valence-corrected chi connectivity index (χ4v) is 4.29. The van der Waals surface area contributed by atoms with E-state index in [9.17, 15) is 19.2 Å². The second-order valence-corrected chi connectivity index (χ2v) is 10.1. The number of carbonyl (C=O) groups excluding carboxylic acids is 3. The number of ether oxygens (including phenoxy) is 1. The molecule has 32 heavy (non-hydrogen) atoms. The van der Waals surface area contributed by atoms with E-state index < -0.39 is 17.5 Å². The molecule has 0 radical (unpaired) electrons. The molecule has 1 atom stereocenters. The summed E-state index contributed by atoms with van der Waals surface area (Å²) in [6.45, 7) is 9.59. The number of hydrogen-bond donors (Lipinski definition) is 2. The van der Waals surface area contributed by atoms with Gasteiger partial charge in [0.25, 0.3) is 0 Å². The van der Waals surface area contributed by atoms with E-state index in [1.807, 2.05) is 20.8 Å². The molecule has 0 aliphatic carbocycles. The Morgan fingerprint density at radius 3 is 2.09 bits per heavy atom. The molecule has 2 N–H and O–H groups in total. The van der Waals surface area contributed by atoms with E-state index in [0.717, 1.165) is 19.3 Å². The molecule has 2 fully saturated rings. The van der Waals surface area contributed by atoms with Gasteiger partial charge in [-0.2, -0.15) is 0 Å². The van der Waals surface area contributed by atoms with Crippen LogP contribution < -0.4 is 5.32 Å². The molecule has 2 heterocycles. The highest BCUT2D eigenvalue weighted by Gasteiger charge is 2.30. The van der Waals surface area contributed by atoms with Crippen LogP contribution in [0.4, 0.5) is 4.79 Å². The van der Waals surface area contributed by atoms with E-state index in [-0.39, 0.29) is 30.4 Å². The summed E-state index contributed by atoms with van der Waals surface area (Å²) in [6, 6.07) is 0. The lowest BCUT2D eigenvalue weighted by Crippen LogP contribution is -2.45. The molecule has 182 valence electrons. The third-order valence-corrected chi connectivity index (χ3v) is 6.47. The summed E-state index contributed by atoms with van der Waals surface area (Å²) in [4.78, 5) is 51.2. The largest absolute Gasteiger partial charge is 0.481 e. The van der Waals surface area contributed by atoms with Crippen LogP contribution in [0, 0.1) is 17.8 Å². The summed E-state index contributed by atoms with van der Waals surface area (Å²) in [5.41, 5.74) is -0.504. The molecule has 0 aromatic heterocycles. The Labute approximate surface area is 190 Å². The van der Waals surface area contributed by atoms with E-state index >= 15 is 0 Å². The van der Waals surface area contributed by atoms with Crippen molar-refractivity contribution in [2.45, 2.75) is 71.8 Å². The molecule has 0 saturated carbocycles. The van der Waals surface area contributed by atoms with Crippen molar-refractivity contribution in [3.63, 3.8) is 0 Å². The number of nitrogens with zero attached hydrogens (tertiary/aromatic N) is 2. The van der Waals surface area contributed by atoms with Crippen molar-refractivity contribution in [2.75, 3.05) is 32.7 Å². The molecule has 0 spiro atoms. The molecule has 0 bridgehead atoms. The zero-order valence-electron chi connectivity index (χ0n) is 19.9. The van der Waals surface area contributed by atoms with Crippen molar-refractivity contribution < 1.29 is 29.0 Å². The lowest BCUT2D eigenvalue weighted by molar-refractivity contribution is -0.144. The van der Waals surface area contributed by atoms with Gasteiger partial charge in [0.1, 0.15) is 5.60 Å². The molecule has 2 rings (SSSR count). The molecule has 9 nitrogen and oxygen atoms in total. The topological polar surface area (TPSA) is 116 Å². The van der Waals surface area contributed by atoms with Gasteiger partial charge >= 0.3 is 12.1 Å². The molecular weight excluding hydrogens is 414 g/mol. The van der Waals surface area contributed by atoms with E-state index in [2.05, 4.69) is 5.32 Å². The number of rotatable bonds is 7. The Hall–Kier alpha value is -2.32. The van der Waals surface area contributed by atoms with Gasteiger partial charge in [-0.25, -0.2) is 4.79 Å². The maximum atomic E-state index is 12.4. The Morgan fingerprint density at radius 2 is 1.56 bits per heavy atom. The minimum Gasteiger partial charge on any atom is -0.481 e. The molecule has 3 amide bonds. The van der Waals surface area contributed by atoms with E-state index in [4.69, 9.17) is 9.84 Å². The Kier molecular flexibility index (Phi) is 9.33. The monoisotopic (exact) mass is 453 g/mol. The van der Waals surface area contributed by atoms with Gasteiger partial charge in [0.15, 0.2) is 0 Å². The first-order valence-corrected chi connectivity index (χ1v) is 11.7. The van der Waals surface area contributed by atoms with Gasteiger partial charge in [-0.15, -0.1) is 0 Å². The van der Waals surface area contributed by atoms with Crippen LogP contribution in [0.15, 0.2) is 0 Å².